The number of hydrogen-bond acceptors (Lipinski definition) is 5. The third-order valence-corrected chi connectivity index (χ3v) is 7.22. The van der Waals surface area contributed by atoms with Crippen molar-refractivity contribution in [3.8, 4) is 17.2 Å². The molecule has 9 heteroatoms. The number of benzene rings is 2. The van der Waals surface area contributed by atoms with Crippen molar-refractivity contribution in [3.63, 3.8) is 0 Å². The van der Waals surface area contributed by atoms with Crippen molar-refractivity contribution in [1.82, 2.24) is 14.9 Å². The van der Waals surface area contributed by atoms with Crippen molar-refractivity contribution in [2.45, 2.75) is 32.9 Å². The van der Waals surface area contributed by atoms with E-state index in [9.17, 15) is 4.79 Å². The van der Waals surface area contributed by atoms with E-state index in [1.165, 1.54) is 0 Å². The lowest BCUT2D eigenvalue weighted by molar-refractivity contribution is -0.123. The molecule has 0 bridgehead atoms. The first-order valence-electron chi connectivity index (χ1n) is 13.0. The van der Waals surface area contributed by atoms with Crippen molar-refractivity contribution in [2.24, 2.45) is 5.41 Å². The number of hydrogen-bond donors (Lipinski definition) is 2. The van der Waals surface area contributed by atoms with E-state index in [1.54, 1.807) is 20.4 Å². The largest absolute Gasteiger partial charge is 0.497 e. The lowest BCUT2D eigenvalue weighted by Gasteiger charge is -2.29. The average molecular weight is 556 g/mol. The van der Waals surface area contributed by atoms with Gasteiger partial charge >= 0.3 is 0 Å². The number of pyridine rings is 1. The van der Waals surface area contributed by atoms with Crippen LogP contribution in [0.25, 0.3) is 5.69 Å². The van der Waals surface area contributed by atoms with Gasteiger partial charge in [-0.25, -0.2) is 0 Å². The number of methoxy groups -OCH3 is 2. The Balaban J connectivity index is 1.61. The van der Waals surface area contributed by atoms with Crippen LogP contribution < -0.4 is 25.0 Å². The first-order valence-corrected chi connectivity index (χ1v) is 13.4. The van der Waals surface area contributed by atoms with Gasteiger partial charge in [0.2, 0.25) is 5.91 Å². The number of carbonyl (C=O) groups is 1. The Morgan fingerprint density at radius 1 is 0.975 bits per heavy atom. The van der Waals surface area contributed by atoms with E-state index in [0.717, 1.165) is 28.5 Å². The molecule has 2 N–H and O–H groups in total. The van der Waals surface area contributed by atoms with E-state index in [1.807, 2.05) is 93.7 Å². The Morgan fingerprint density at radius 2 is 1.80 bits per heavy atom. The highest BCUT2D eigenvalue weighted by Crippen LogP contribution is 2.44. The van der Waals surface area contributed by atoms with E-state index in [0.29, 0.717) is 16.5 Å². The van der Waals surface area contributed by atoms with Crippen LogP contribution in [0.4, 0.5) is 11.4 Å². The molecule has 5 rings (SSSR count). The van der Waals surface area contributed by atoms with E-state index in [4.69, 9.17) is 21.7 Å². The van der Waals surface area contributed by atoms with Crippen LogP contribution >= 0.6 is 12.2 Å². The second-order valence-electron chi connectivity index (χ2n) is 10.6. The zero-order valence-electron chi connectivity index (χ0n) is 23.2. The van der Waals surface area contributed by atoms with Gasteiger partial charge < -0.3 is 29.6 Å². The Morgan fingerprint density at radius 3 is 2.50 bits per heavy atom. The maximum atomic E-state index is 12.7. The Kier molecular flexibility index (Phi) is 7.49. The van der Waals surface area contributed by atoms with Gasteiger partial charge in [-0.15, -0.1) is 0 Å². The monoisotopic (exact) mass is 555 g/mol. The highest BCUT2D eigenvalue weighted by molar-refractivity contribution is 7.80. The number of nitrogens with one attached hydrogen (secondary N) is 2. The molecule has 0 unspecified atom stereocenters. The number of amides is 1. The summed E-state index contributed by atoms with van der Waals surface area (Å²) < 4.78 is 13.3. The van der Waals surface area contributed by atoms with Gasteiger partial charge in [0.15, 0.2) is 5.11 Å². The van der Waals surface area contributed by atoms with Crippen molar-refractivity contribution < 1.29 is 14.3 Å². The average Bonchev–Trinajstić information content (AvgIpc) is 3.57. The standard InChI is InChI=1S/C31H33N5O3S/c1-31(2,3)29(37)33-23-15-14-21(19-26(23)39-5)36-28(27(34-30(36)40)24-12-6-7-16-32-24)25-13-9-17-35(25)20-10-8-11-22(18-20)38-4/h6-19,27-28H,1-5H3,(H,33,37)(H,34,40)/t27-,28-/m1/s1. The number of rotatable bonds is 7. The fraction of sp³-hybridized carbons (Fsp3) is 0.258. The van der Waals surface area contributed by atoms with Gasteiger partial charge in [-0.05, 0) is 60.7 Å². The predicted molar refractivity (Wildman–Crippen MR) is 161 cm³/mol. The summed E-state index contributed by atoms with van der Waals surface area (Å²) in [7, 11) is 3.25. The first kappa shape index (κ1) is 27.2. The van der Waals surface area contributed by atoms with Crippen LogP contribution in [0, 0.1) is 5.41 Å². The van der Waals surface area contributed by atoms with Gasteiger partial charge in [0, 0.05) is 47.0 Å². The molecule has 1 aliphatic heterocycles. The second-order valence-corrected chi connectivity index (χ2v) is 11.0. The molecular formula is C31H33N5O3S. The summed E-state index contributed by atoms with van der Waals surface area (Å²) in [6.45, 7) is 5.62. The topological polar surface area (TPSA) is 80.7 Å². The minimum Gasteiger partial charge on any atom is -0.497 e. The maximum Gasteiger partial charge on any atom is 0.229 e. The Labute approximate surface area is 239 Å². The van der Waals surface area contributed by atoms with E-state index < -0.39 is 5.41 Å². The highest BCUT2D eigenvalue weighted by Gasteiger charge is 2.42. The fourth-order valence-corrected chi connectivity index (χ4v) is 5.15. The summed E-state index contributed by atoms with van der Waals surface area (Å²) in [5.41, 5.74) is 3.73. The van der Waals surface area contributed by atoms with E-state index in [2.05, 4.69) is 31.2 Å². The maximum absolute atomic E-state index is 12.7. The summed E-state index contributed by atoms with van der Waals surface area (Å²) >= 11 is 5.93. The predicted octanol–water partition coefficient (Wildman–Crippen LogP) is 6.05. The smallest absolute Gasteiger partial charge is 0.229 e. The normalized spacial score (nSPS) is 16.9. The van der Waals surface area contributed by atoms with Crippen LogP contribution in [-0.2, 0) is 4.79 Å². The molecule has 2 aromatic heterocycles. The fourth-order valence-electron chi connectivity index (χ4n) is 4.81. The van der Waals surface area contributed by atoms with E-state index >= 15 is 0 Å². The lowest BCUT2D eigenvalue weighted by Crippen LogP contribution is -2.30. The van der Waals surface area contributed by atoms with Crippen LogP contribution in [-0.4, -0.2) is 34.8 Å². The molecule has 1 saturated heterocycles. The lowest BCUT2D eigenvalue weighted by atomic mass is 9.95. The van der Waals surface area contributed by atoms with Gasteiger partial charge in [-0.1, -0.05) is 32.9 Å². The first-order chi connectivity index (χ1) is 19.2. The van der Waals surface area contributed by atoms with Crippen molar-refractivity contribution >= 4 is 34.6 Å². The molecule has 1 fully saturated rings. The summed E-state index contributed by atoms with van der Waals surface area (Å²) in [6.07, 6.45) is 3.82. The number of anilines is 2. The molecule has 1 amide bonds. The number of ether oxygens (including phenoxy) is 2. The number of nitrogens with zero attached hydrogens (tertiary/aromatic N) is 3. The van der Waals surface area contributed by atoms with Crippen molar-refractivity contribution in [3.05, 3.63) is 96.6 Å². The molecular weight excluding hydrogens is 522 g/mol. The van der Waals surface area contributed by atoms with Crippen molar-refractivity contribution in [2.75, 3.05) is 24.4 Å². The highest BCUT2D eigenvalue weighted by atomic mass is 32.1. The zero-order chi connectivity index (χ0) is 28.4. The van der Waals surface area contributed by atoms with E-state index in [-0.39, 0.29) is 18.0 Å². The Hall–Kier alpha value is -4.37. The van der Waals surface area contributed by atoms with Gasteiger partial charge in [-0.3, -0.25) is 9.78 Å². The summed E-state index contributed by atoms with van der Waals surface area (Å²) in [6, 6.07) is 23.2. The third kappa shape index (κ3) is 5.24. The van der Waals surface area contributed by atoms with Gasteiger partial charge in [-0.2, -0.15) is 0 Å². The molecule has 206 valence electrons. The summed E-state index contributed by atoms with van der Waals surface area (Å²) in [5, 5.41) is 7.06. The number of thiocarbonyl (C=S) groups is 1. The summed E-state index contributed by atoms with van der Waals surface area (Å²) in [5.74, 6) is 1.22. The van der Waals surface area contributed by atoms with Crippen LogP contribution in [0.2, 0.25) is 0 Å². The second kappa shape index (κ2) is 11.0. The molecule has 2 atom stereocenters. The van der Waals surface area contributed by atoms with Gasteiger partial charge in [0.25, 0.3) is 0 Å². The molecule has 0 radical (unpaired) electrons. The van der Waals surface area contributed by atoms with Crippen LogP contribution in [0.5, 0.6) is 11.5 Å². The van der Waals surface area contributed by atoms with Crippen molar-refractivity contribution in [1.29, 1.82) is 0 Å². The molecule has 1 aliphatic rings. The SMILES string of the molecule is COc1cccc(-n2cccc2[C@@H]2[C@@H](c3ccccn3)NC(=S)N2c2ccc(NC(=O)C(C)(C)C)c(OC)c2)c1. The Bertz CT molecular complexity index is 1530. The molecule has 4 aromatic rings. The molecule has 0 aliphatic carbocycles. The quantitative estimate of drug-likeness (QED) is 0.269. The minimum absolute atomic E-state index is 0.0962. The summed E-state index contributed by atoms with van der Waals surface area (Å²) in [4.78, 5) is 19.4. The number of carbonyl (C=O) groups excluding carboxylic acids is 1. The molecule has 3 heterocycles. The van der Waals surface area contributed by atoms with Crippen LogP contribution in [0.15, 0.2) is 85.2 Å². The third-order valence-electron chi connectivity index (χ3n) is 6.91. The molecule has 8 nitrogen and oxygen atoms in total. The molecule has 0 spiro atoms. The van der Waals surface area contributed by atoms with Gasteiger partial charge in [0.1, 0.15) is 17.5 Å². The number of aromatic nitrogens is 2. The zero-order valence-corrected chi connectivity index (χ0v) is 24.0. The minimum atomic E-state index is -0.545. The van der Waals surface area contributed by atoms with Crippen LogP contribution in [0.1, 0.15) is 44.2 Å². The molecule has 0 saturated carbocycles. The molecule has 2 aromatic carbocycles. The molecule has 40 heavy (non-hydrogen) atoms. The van der Waals surface area contributed by atoms with Gasteiger partial charge in [0.05, 0.1) is 31.6 Å². The van der Waals surface area contributed by atoms with Crippen LogP contribution in [0.3, 0.4) is 0 Å².